The summed E-state index contributed by atoms with van der Waals surface area (Å²) in [5.74, 6) is 0. The number of non-ortho nitro benzene ring substituents is 1. The molecule has 6 nitrogen and oxygen atoms in total. The van der Waals surface area contributed by atoms with Crippen molar-refractivity contribution in [2.24, 2.45) is 0 Å². The number of rotatable bonds is 2. The van der Waals surface area contributed by atoms with E-state index in [9.17, 15) is 10.1 Å². The molecule has 1 aromatic heterocycles. The van der Waals surface area contributed by atoms with E-state index in [1.54, 1.807) is 6.07 Å². The third kappa shape index (κ3) is 2.35. The molecule has 0 radical (unpaired) electrons. The van der Waals surface area contributed by atoms with Gasteiger partial charge >= 0.3 is 0 Å². The summed E-state index contributed by atoms with van der Waals surface area (Å²) < 4.78 is 7.89. The summed E-state index contributed by atoms with van der Waals surface area (Å²) in [5.41, 5.74) is 0.836. The fraction of sp³-hybridized carbons (Fsp3) is 0.417. The van der Waals surface area contributed by atoms with Gasteiger partial charge in [0.25, 0.3) is 5.69 Å². The zero-order chi connectivity index (χ0) is 13.4. The first-order valence-electron chi connectivity index (χ1n) is 6.05. The van der Waals surface area contributed by atoms with E-state index in [1.165, 1.54) is 6.07 Å². The first-order chi connectivity index (χ1) is 9.15. The Morgan fingerprint density at radius 3 is 2.84 bits per heavy atom. The summed E-state index contributed by atoms with van der Waals surface area (Å²) in [6, 6.07) is 3.36. The monoisotopic (exact) mass is 325 g/mol. The normalized spacial score (nSPS) is 16.9. The Kier molecular flexibility index (Phi) is 3.24. The van der Waals surface area contributed by atoms with Crippen molar-refractivity contribution in [2.75, 3.05) is 13.2 Å². The average molecular weight is 326 g/mol. The quantitative estimate of drug-likeness (QED) is 0.628. The zero-order valence-electron chi connectivity index (χ0n) is 10.1. The molecule has 2 aromatic rings. The molecule has 1 aromatic carbocycles. The van der Waals surface area contributed by atoms with E-state index in [-0.39, 0.29) is 5.69 Å². The largest absolute Gasteiger partial charge is 0.381 e. The van der Waals surface area contributed by atoms with Crippen molar-refractivity contribution in [2.45, 2.75) is 18.9 Å². The van der Waals surface area contributed by atoms with E-state index < -0.39 is 4.92 Å². The molecule has 0 aliphatic carbocycles. The van der Waals surface area contributed by atoms with Crippen molar-refractivity contribution >= 4 is 32.5 Å². The molecule has 1 fully saturated rings. The lowest BCUT2D eigenvalue weighted by Gasteiger charge is -2.22. The minimum absolute atomic E-state index is 0.0749. The highest BCUT2D eigenvalue weighted by Crippen LogP contribution is 2.30. The van der Waals surface area contributed by atoms with Crippen LogP contribution in [0.25, 0.3) is 10.9 Å². The summed E-state index contributed by atoms with van der Waals surface area (Å²) in [6.45, 7) is 1.48. The van der Waals surface area contributed by atoms with Crippen LogP contribution in [0.1, 0.15) is 18.9 Å². The molecule has 7 heteroatoms. The highest BCUT2D eigenvalue weighted by molar-refractivity contribution is 9.10. The molecule has 1 aliphatic heterocycles. The lowest BCUT2D eigenvalue weighted by atomic mass is 10.1. The molecule has 0 spiro atoms. The third-order valence-electron chi connectivity index (χ3n) is 3.34. The topological polar surface area (TPSA) is 70.2 Å². The molecule has 3 rings (SSSR count). The first-order valence-corrected chi connectivity index (χ1v) is 6.85. The van der Waals surface area contributed by atoms with Gasteiger partial charge in [-0.1, -0.05) is 0 Å². The minimum Gasteiger partial charge on any atom is -0.381 e. The summed E-state index contributed by atoms with van der Waals surface area (Å²) in [4.78, 5) is 10.5. The number of benzene rings is 1. The van der Waals surface area contributed by atoms with Crippen LogP contribution in [0.15, 0.2) is 22.8 Å². The van der Waals surface area contributed by atoms with Crippen molar-refractivity contribution in [3.05, 3.63) is 32.9 Å². The Balaban J connectivity index is 2.04. The van der Waals surface area contributed by atoms with Gasteiger partial charge in [-0.05, 0) is 28.8 Å². The van der Waals surface area contributed by atoms with Crippen molar-refractivity contribution < 1.29 is 9.66 Å². The standard InChI is InChI=1S/C12H12BrN3O3/c13-11-6-10(16(17)18)5-8-7-15(14-12(8)11)9-1-3-19-4-2-9/h5-7,9H,1-4H2. The lowest BCUT2D eigenvalue weighted by molar-refractivity contribution is -0.384. The zero-order valence-corrected chi connectivity index (χ0v) is 11.7. The molecule has 0 N–H and O–H groups in total. The Hall–Kier alpha value is -1.47. The number of hydrogen-bond acceptors (Lipinski definition) is 4. The summed E-state index contributed by atoms with van der Waals surface area (Å²) in [7, 11) is 0. The smallest absolute Gasteiger partial charge is 0.271 e. The molecule has 0 unspecified atom stereocenters. The number of nitro groups is 1. The third-order valence-corrected chi connectivity index (χ3v) is 3.94. The minimum atomic E-state index is -0.393. The second-order valence-electron chi connectivity index (χ2n) is 4.58. The van der Waals surface area contributed by atoms with E-state index in [4.69, 9.17) is 4.74 Å². The van der Waals surface area contributed by atoms with Gasteiger partial charge in [-0.3, -0.25) is 14.8 Å². The number of nitrogens with zero attached hydrogens (tertiary/aromatic N) is 3. The van der Waals surface area contributed by atoms with Crippen LogP contribution in [0.2, 0.25) is 0 Å². The maximum atomic E-state index is 10.8. The van der Waals surface area contributed by atoms with Gasteiger partial charge < -0.3 is 4.74 Å². The maximum absolute atomic E-state index is 10.8. The van der Waals surface area contributed by atoms with Crippen molar-refractivity contribution in [3.63, 3.8) is 0 Å². The van der Waals surface area contributed by atoms with Crippen LogP contribution in [-0.4, -0.2) is 27.9 Å². The number of nitro benzene ring substituents is 1. The van der Waals surface area contributed by atoms with Gasteiger partial charge in [0.15, 0.2) is 0 Å². The van der Waals surface area contributed by atoms with Crippen molar-refractivity contribution in [3.8, 4) is 0 Å². The highest BCUT2D eigenvalue weighted by atomic mass is 79.9. The van der Waals surface area contributed by atoms with Crippen LogP contribution in [0.4, 0.5) is 5.69 Å². The van der Waals surface area contributed by atoms with Gasteiger partial charge in [-0.2, -0.15) is 5.10 Å². The molecular formula is C12H12BrN3O3. The fourth-order valence-electron chi connectivity index (χ4n) is 2.34. The van der Waals surface area contributed by atoms with Gasteiger partial charge in [-0.25, -0.2) is 0 Å². The van der Waals surface area contributed by atoms with Crippen LogP contribution in [0.5, 0.6) is 0 Å². The summed E-state index contributed by atoms with van der Waals surface area (Å²) in [6.07, 6.45) is 3.73. The first kappa shape index (κ1) is 12.6. The number of aromatic nitrogens is 2. The van der Waals surface area contributed by atoms with Gasteiger partial charge in [0, 0.05) is 36.9 Å². The molecule has 0 atom stereocenters. The van der Waals surface area contributed by atoms with E-state index in [1.807, 2.05) is 10.9 Å². The lowest BCUT2D eigenvalue weighted by Crippen LogP contribution is -2.19. The van der Waals surface area contributed by atoms with E-state index in [2.05, 4.69) is 21.0 Å². The fourth-order valence-corrected chi connectivity index (χ4v) is 2.88. The van der Waals surface area contributed by atoms with Gasteiger partial charge in [0.05, 0.1) is 15.4 Å². The molecular weight excluding hydrogens is 314 g/mol. The van der Waals surface area contributed by atoms with E-state index >= 15 is 0 Å². The molecule has 1 saturated heterocycles. The molecule has 0 bridgehead atoms. The van der Waals surface area contributed by atoms with E-state index in [0.717, 1.165) is 37.0 Å². The van der Waals surface area contributed by atoms with Crippen LogP contribution < -0.4 is 0 Å². The summed E-state index contributed by atoms with van der Waals surface area (Å²) in [5, 5.41) is 16.2. The number of fused-ring (bicyclic) bond motifs is 1. The second kappa shape index (κ2) is 4.90. The van der Waals surface area contributed by atoms with Gasteiger partial charge in [0.1, 0.15) is 5.52 Å². The molecule has 100 valence electrons. The highest BCUT2D eigenvalue weighted by Gasteiger charge is 2.19. The number of halogens is 1. The molecule has 19 heavy (non-hydrogen) atoms. The molecule has 0 saturated carbocycles. The van der Waals surface area contributed by atoms with Gasteiger partial charge in [0.2, 0.25) is 0 Å². The van der Waals surface area contributed by atoms with E-state index in [0.29, 0.717) is 10.5 Å². The van der Waals surface area contributed by atoms with Crippen molar-refractivity contribution in [1.82, 2.24) is 9.78 Å². The van der Waals surface area contributed by atoms with Crippen LogP contribution in [-0.2, 0) is 4.74 Å². The Labute approximate surface area is 117 Å². The Bertz CT molecular complexity index is 634. The van der Waals surface area contributed by atoms with Crippen LogP contribution in [0.3, 0.4) is 0 Å². The van der Waals surface area contributed by atoms with Crippen LogP contribution >= 0.6 is 15.9 Å². The summed E-state index contributed by atoms with van der Waals surface area (Å²) >= 11 is 3.35. The molecule has 1 aliphatic rings. The molecule has 0 amide bonds. The SMILES string of the molecule is O=[N+]([O-])c1cc(Br)c2nn(C3CCOCC3)cc2c1. The number of hydrogen-bond donors (Lipinski definition) is 0. The average Bonchev–Trinajstić information content (AvgIpc) is 2.84. The predicted molar refractivity (Wildman–Crippen MR) is 73.2 cm³/mol. The maximum Gasteiger partial charge on any atom is 0.271 e. The second-order valence-corrected chi connectivity index (χ2v) is 5.43. The number of ether oxygens (including phenoxy) is 1. The predicted octanol–water partition coefficient (Wildman–Crippen LogP) is 3.06. The Morgan fingerprint density at radius 1 is 1.42 bits per heavy atom. The molecule has 2 heterocycles. The van der Waals surface area contributed by atoms with Gasteiger partial charge in [-0.15, -0.1) is 0 Å². The Morgan fingerprint density at radius 2 is 2.16 bits per heavy atom. The van der Waals surface area contributed by atoms with Crippen LogP contribution in [0, 0.1) is 10.1 Å². The van der Waals surface area contributed by atoms with Crippen molar-refractivity contribution in [1.29, 1.82) is 0 Å².